The van der Waals surface area contributed by atoms with E-state index in [1.165, 1.54) is 89.9 Å². The van der Waals surface area contributed by atoms with E-state index < -0.39 is 59.8 Å². The van der Waals surface area contributed by atoms with Crippen molar-refractivity contribution in [3.8, 4) is 0 Å². The minimum absolute atomic E-state index is 0.0267. The first kappa shape index (κ1) is 55.3. The summed E-state index contributed by atoms with van der Waals surface area (Å²) in [6, 6.07) is 0. The molecule has 0 radical (unpaired) electrons. The van der Waals surface area contributed by atoms with Crippen molar-refractivity contribution in [3.63, 3.8) is 0 Å². The maximum Gasteiger partial charge on any atom is 0.397 e. The lowest BCUT2D eigenvalue weighted by Gasteiger charge is -2.41. The third kappa shape index (κ3) is 31.8. The molecule has 6 unspecified atom stereocenters. The van der Waals surface area contributed by atoms with Gasteiger partial charge in [0.25, 0.3) is 0 Å². The lowest BCUT2D eigenvalue weighted by Crippen LogP contribution is -2.60. The highest BCUT2D eigenvalue weighted by atomic mass is 32.3. The lowest BCUT2D eigenvalue weighted by atomic mass is 9.99. The van der Waals surface area contributed by atoms with Gasteiger partial charge in [-0.15, -0.1) is 0 Å². The predicted molar refractivity (Wildman–Crippen MR) is 234 cm³/mol. The molecule has 0 saturated carbocycles. The SMILES string of the molecule is CCCCCC/C=C\C/C=C\CCCCCCCC(=O)OC(COCCCCCCCC/C=C\CCCCCCCC)COC1OC(CO)C(O)C(OS(=O)(=O)O)C1O. The maximum absolute atomic E-state index is 12.8. The summed E-state index contributed by atoms with van der Waals surface area (Å²) in [5, 5.41) is 30.7. The van der Waals surface area contributed by atoms with Gasteiger partial charge < -0.3 is 34.3 Å². The highest BCUT2D eigenvalue weighted by molar-refractivity contribution is 7.80. The van der Waals surface area contributed by atoms with Gasteiger partial charge in [-0.25, -0.2) is 4.18 Å². The van der Waals surface area contributed by atoms with Crippen LogP contribution in [-0.4, -0.2) is 97.5 Å². The topological polar surface area (TPSA) is 178 Å². The molecule has 59 heavy (non-hydrogen) atoms. The zero-order chi connectivity index (χ0) is 43.2. The minimum atomic E-state index is -5.06. The Morgan fingerprint density at radius 3 is 1.64 bits per heavy atom. The van der Waals surface area contributed by atoms with E-state index in [0.717, 1.165) is 70.6 Å². The van der Waals surface area contributed by atoms with Crippen LogP contribution < -0.4 is 0 Å². The number of hydrogen-bond acceptors (Lipinski definition) is 11. The molecule has 0 aromatic rings. The van der Waals surface area contributed by atoms with E-state index >= 15 is 0 Å². The van der Waals surface area contributed by atoms with Crippen molar-refractivity contribution in [2.75, 3.05) is 26.4 Å². The second-order valence-corrected chi connectivity index (χ2v) is 17.0. The van der Waals surface area contributed by atoms with Crippen LogP contribution in [0.2, 0.25) is 0 Å². The fourth-order valence-electron chi connectivity index (χ4n) is 6.93. The van der Waals surface area contributed by atoms with Crippen LogP contribution in [0.1, 0.15) is 187 Å². The third-order valence-corrected chi connectivity index (χ3v) is 11.0. The van der Waals surface area contributed by atoms with Crippen molar-refractivity contribution in [3.05, 3.63) is 36.5 Å². The average molecular weight is 861 g/mol. The van der Waals surface area contributed by atoms with Crippen molar-refractivity contribution in [2.45, 2.75) is 224 Å². The molecular formula is C46H84O12S. The number of rotatable bonds is 40. The first-order chi connectivity index (χ1) is 28.6. The summed E-state index contributed by atoms with van der Waals surface area (Å²) in [7, 11) is -5.06. The van der Waals surface area contributed by atoms with E-state index in [2.05, 4.69) is 54.5 Å². The van der Waals surface area contributed by atoms with Gasteiger partial charge in [0.1, 0.15) is 30.5 Å². The molecule has 4 N–H and O–H groups in total. The van der Waals surface area contributed by atoms with Crippen LogP contribution in [0.3, 0.4) is 0 Å². The second-order valence-electron chi connectivity index (χ2n) is 16.0. The molecule has 6 atom stereocenters. The molecule has 346 valence electrons. The molecule has 1 fully saturated rings. The first-order valence-electron chi connectivity index (χ1n) is 23.2. The molecule has 0 aromatic carbocycles. The molecular weight excluding hydrogens is 777 g/mol. The first-order valence-corrected chi connectivity index (χ1v) is 24.6. The quantitative estimate of drug-likeness (QED) is 0.0199. The molecule has 0 spiro atoms. The third-order valence-electron chi connectivity index (χ3n) is 10.5. The minimum Gasteiger partial charge on any atom is -0.457 e. The van der Waals surface area contributed by atoms with Crippen LogP contribution in [0, 0.1) is 0 Å². The van der Waals surface area contributed by atoms with E-state index in [1.807, 2.05) is 0 Å². The summed E-state index contributed by atoms with van der Waals surface area (Å²) in [6.07, 6.45) is 34.6. The molecule has 1 aliphatic rings. The molecule has 0 aromatic heterocycles. The smallest absolute Gasteiger partial charge is 0.397 e. The molecule has 1 heterocycles. The fourth-order valence-corrected chi connectivity index (χ4v) is 7.44. The Bertz CT molecular complexity index is 1180. The van der Waals surface area contributed by atoms with Gasteiger partial charge in [-0.2, -0.15) is 8.42 Å². The van der Waals surface area contributed by atoms with E-state index in [4.69, 9.17) is 23.5 Å². The van der Waals surface area contributed by atoms with Crippen LogP contribution in [0.15, 0.2) is 36.5 Å². The van der Waals surface area contributed by atoms with Crippen LogP contribution in [0.4, 0.5) is 0 Å². The van der Waals surface area contributed by atoms with Crippen LogP contribution in [0.25, 0.3) is 0 Å². The molecule has 12 nitrogen and oxygen atoms in total. The maximum atomic E-state index is 12.8. The van der Waals surface area contributed by atoms with Gasteiger partial charge in [0.05, 0.1) is 19.8 Å². The predicted octanol–water partition coefficient (Wildman–Crippen LogP) is 9.80. The van der Waals surface area contributed by atoms with Crippen LogP contribution >= 0.6 is 0 Å². The van der Waals surface area contributed by atoms with Crippen LogP contribution in [0.5, 0.6) is 0 Å². The number of hydrogen-bond donors (Lipinski definition) is 4. The standard InChI is InChI=1S/C46H84O12S/c1-3-5-7-9-11-13-15-17-19-21-23-25-27-29-31-33-35-42(48)56-40(39-55-46-44(50)45(58-59(51,52)53)43(49)41(37-47)57-46)38-54-36-34-32-30-28-26-24-22-20-18-16-14-12-10-8-6-4-2/h13,15,18-21,40-41,43-47,49-50H,3-12,14,16-17,22-39H2,1-2H3,(H,51,52,53)/b15-13-,20-18-,21-19-. The Kier molecular flexibility index (Phi) is 35.7. The number of esters is 1. The summed E-state index contributed by atoms with van der Waals surface area (Å²) in [5.41, 5.74) is 0. The zero-order valence-electron chi connectivity index (χ0n) is 36.8. The Hall–Kier alpha value is -1.68. The molecule has 1 rings (SSSR count). The normalized spacial score (nSPS) is 20.7. The number of unbranched alkanes of at least 4 members (excludes halogenated alkanes) is 21. The summed E-state index contributed by atoms with van der Waals surface area (Å²) >= 11 is 0. The Morgan fingerprint density at radius 2 is 1.12 bits per heavy atom. The monoisotopic (exact) mass is 861 g/mol. The zero-order valence-corrected chi connectivity index (χ0v) is 37.6. The fraction of sp³-hybridized carbons (Fsp3) is 0.848. The van der Waals surface area contributed by atoms with Gasteiger partial charge in [-0.1, -0.05) is 147 Å². The number of carbonyl (C=O) groups is 1. The number of ether oxygens (including phenoxy) is 4. The molecule has 13 heteroatoms. The van der Waals surface area contributed by atoms with Gasteiger partial charge in [0, 0.05) is 13.0 Å². The van der Waals surface area contributed by atoms with E-state index in [0.29, 0.717) is 13.0 Å². The summed E-state index contributed by atoms with van der Waals surface area (Å²) < 4.78 is 59.1. The Morgan fingerprint density at radius 1 is 0.644 bits per heavy atom. The number of aliphatic hydroxyl groups excluding tert-OH is 3. The summed E-state index contributed by atoms with van der Waals surface area (Å²) in [5.74, 6) is -0.415. The number of allylic oxidation sites excluding steroid dienone is 6. The van der Waals surface area contributed by atoms with Crippen molar-refractivity contribution in [1.82, 2.24) is 0 Å². The van der Waals surface area contributed by atoms with Crippen molar-refractivity contribution < 1.29 is 56.2 Å². The van der Waals surface area contributed by atoms with Gasteiger partial charge in [-0.3, -0.25) is 9.35 Å². The largest absolute Gasteiger partial charge is 0.457 e. The molecule has 1 saturated heterocycles. The van der Waals surface area contributed by atoms with Crippen LogP contribution in [-0.2, 0) is 38.3 Å². The molecule has 0 amide bonds. The average Bonchev–Trinajstić information content (AvgIpc) is 3.20. The van der Waals surface area contributed by atoms with Gasteiger partial charge in [-0.05, 0) is 70.6 Å². The number of carbonyl (C=O) groups excluding carboxylic acids is 1. The Balaban J connectivity index is 2.44. The molecule has 0 aliphatic carbocycles. The highest BCUT2D eigenvalue weighted by Gasteiger charge is 2.48. The van der Waals surface area contributed by atoms with E-state index in [9.17, 15) is 28.5 Å². The van der Waals surface area contributed by atoms with E-state index in [-0.39, 0.29) is 19.6 Å². The van der Waals surface area contributed by atoms with E-state index in [1.54, 1.807) is 0 Å². The summed E-state index contributed by atoms with van der Waals surface area (Å²) in [4.78, 5) is 12.8. The van der Waals surface area contributed by atoms with Gasteiger partial charge >= 0.3 is 16.4 Å². The molecule has 0 bridgehead atoms. The summed E-state index contributed by atoms with van der Waals surface area (Å²) in [6.45, 7) is 3.94. The van der Waals surface area contributed by atoms with Crippen molar-refractivity contribution >= 4 is 16.4 Å². The van der Waals surface area contributed by atoms with Crippen molar-refractivity contribution in [1.29, 1.82) is 0 Å². The van der Waals surface area contributed by atoms with Crippen molar-refractivity contribution in [2.24, 2.45) is 0 Å². The highest BCUT2D eigenvalue weighted by Crippen LogP contribution is 2.26. The second kappa shape index (κ2) is 38.0. The van der Waals surface area contributed by atoms with Gasteiger partial charge in [0.2, 0.25) is 0 Å². The lowest BCUT2D eigenvalue weighted by molar-refractivity contribution is -0.301. The number of aliphatic hydroxyl groups is 3. The molecule has 1 aliphatic heterocycles. The Labute approximate surface area is 358 Å². The van der Waals surface area contributed by atoms with Gasteiger partial charge in [0.15, 0.2) is 6.29 Å².